The van der Waals surface area contributed by atoms with Crippen LogP contribution in [-0.2, 0) is 0 Å². The van der Waals surface area contributed by atoms with Gasteiger partial charge >= 0.3 is 0 Å². The van der Waals surface area contributed by atoms with E-state index >= 15 is 0 Å². The molecule has 0 rings (SSSR count). The van der Waals surface area contributed by atoms with Crippen LogP contribution in [0.25, 0.3) is 0 Å². The molecule has 0 fully saturated rings. The average molecular weight is 127 g/mol. The molecule has 0 aromatic carbocycles. The molecule has 0 radical (unpaired) electrons. The maximum Gasteiger partial charge on any atom is 0.0672 e. The van der Waals surface area contributed by atoms with Crippen LogP contribution in [0.3, 0.4) is 0 Å². The van der Waals surface area contributed by atoms with Crippen LogP contribution >= 0.6 is 0 Å². The predicted molar refractivity (Wildman–Crippen MR) is 35.7 cm³/mol. The van der Waals surface area contributed by atoms with E-state index in [1.165, 1.54) is 0 Å². The van der Waals surface area contributed by atoms with Gasteiger partial charge in [-0.25, -0.2) is 0 Å². The van der Waals surface area contributed by atoms with Crippen LogP contribution in [0.15, 0.2) is 0 Å². The van der Waals surface area contributed by atoms with Crippen LogP contribution in [0.2, 0.25) is 0 Å². The molecule has 0 amide bonds. The molecule has 52 valence electrons. The van der Waals surface area contributed by atoms with E-state index in [0.717, 1.165) is 6.42 Å². The molecule has 0 aromatic rings. The van der Waals surface area contributed by atoms with E-state index in [1.54, 1.807) is 0 Å². The number of nitriles is 1. The van der Waals surface area contributed by atoms with Crippen LogP contribution in [0.4, 0.5) is 0 Å². The smallest absolute Gasteiger partial charge is 0.0672 e. The summed E-state index contributed by atoms with van der Waals surface area (Å²) in [5, 5.41) is 17.1. The topological polar surface area (TPSA) is 44.0 Å². The number of aliphatic hydroxyl groups excluding tert-OH is 1. The average Bonchev–Trinajstić information content (AvgIpc) is 1.63. The van der Waals surface area contributed by atoms with Gasteiger partial charge in [-0.05, 0) is 12.3 Å². The third-order valence-corrected chi connectivity index (χ3v) is 1.07. The molecule has 0 saturated carbocycles. The van der Waals surface area contributed by atoms with Gasteiger partial charge in [0.15, 0.2) is 0 Å². The molecule has 0 spiro atoms. The van der Waals surface area contributed by atoms with Gasteiger partial charge in [-0.3, -0.25) is 0 Å². The summed E-state index contributed by atoms with van der Waals surface area (Å²) in [7, 11) is 0. The second-order valence-electron chi connectivity index (χ2n) is 2.65. The first-order chi connectivity index (χ1) is 4.16. The van der Waals surface area contributed by atoms with Crippen molar-refractivity contribution in [3.05, 3.63) is 0 Å². The van der Waals surface area contributed by atoms with E-state index in [0.29, 0.717) is 5.92 Å². The Kier molecular flexibility index (Phi) is 4.08. The van der Waals surface area contributed by atoms with Gasteiger partial charge in [-0.15, -0.1) is 0 Å². The minimum Gasteiger partial charge on any atom is -0.392 e. The van der Waals surface area contributed by atoms with Crippen molar-refractivity contribution in [2.75, 3.05) is 0 Å². The summed E-state index contributed by atoms with van der Waals surface area (Å²) in [6.45, 7) is 4.06. The molecule has 0 heterocycles. The van der Waals surface area contributed by atoms with Crippen molar-refractivity contribution in [1.29, 1.82) is 5.26 Å². The number of rotatable bonds is 3. The van der Waals surface area contributed by atoms with Crippen LogP contribution in [0.5, 0.6) is 0 Å². The molecule has 0 aliphatic carbocycles. The summed E-state index contributed by atoms with van der Waals surface area (Å²) in [4.78, 5) is 0. The number of nitrogens with zero attached hydrogens (tertiary/aromatic N) is 1. The lowest BCUT2D eigenvalue weighted by molar-refractivity contribution is 0.153. The van der Waals surface area contributed by atoms with Crippen molar-refractivity contribution in [3.63, 3.8) is 0 Å². The van der Waals surface area contributed by atoms with E-state index in [4.69, 9.17) is 10.4 Å². The lowest BCUT2D eigenvalue weighted by atomic mass is 10.0. The van der Waals surface area contributed by atoms with E-state index in [-0.39, 0.29) is 6.42 Å². The van der Waals surface area contributed by atoms with Crippen molar-refractivity contribution in [2.45, 2.75) is 32.8 Å². The Bertz CT molecular complexity index is 104. The Morgan fingerprint density at radius 1 is 1.56 bits per heavy atom. The van der Waals surface area contributed by atoms with Gasteiger partial charge in [0.25, 0.3) is 0 Å². The Labute approximate surface area is 56.1 Å². The summed E-state index contributed by atoms with van der Waals surface area (Å²) in [6, 6.07) is 1.92. The monoisotopic (exact) mass is 127 g/mol. The van der Waals surface area contributed by atoms with Gasteiger partial charge in [-0.1, -0.05) is 13.8 Å². The largest absolute Gasteiger partial charge is 0.392 e. The summed E-state index contributed by atoms with van der Waals surface area (Å²) in [6.07, 6.45) is 0.571. The van der Waals surface area contributed by atoms with Gasteiger partial charge in [0, 0.05) is 0 Å². The molecule has 9 heavy (non-hydrogen) atoms. The van der Waals surface area contributed by atoms with Crippen molar-refractivity contribution < 1.29 is 5.11 Å². The Morgan fingerprint density at radius 3 is 2.44 bits per heavy atom. The van der Waals surface area contributed by atoms with Crippen LogP contribution in [0.1, 0.15) is 26.7 Å². The van der Waals surface area contributed by atoms with Crippen molar-refractivity contribution in [1.82, 2.24) is 0 Å². The molecule has 0 unspecified atom stereocenters. The second kappa shape index (κ2) is 4.34. The fourth-order valence-electron chi connectivity index (χ4n) is 0.733. The number of aliphatic hydroxyl groups is 1. The van der Waals surface area contributed by atoms with Crippen molar-refractivity contribution in [3.8, 4) is 6.07 Å². The number of hydrogen-bond donors (Lipinski definition) is 1. The molecule has 0 aliphatic heterocycles. The standard InChI is InChI=1S/C7H13NO/c1-6(2)5-7(9)3-4-8/h6-7,9H,3,5H2,1-2H3/t7-/m0/s1. The van der Waals surface area contributed by atoms with E-state index in [2.05, 4.69) is 0 Å². The first-order valence-electron chi connectivity index (χ1n) is 3.21. The summed E-state index contributed by atoms with van der Waals surface area (Å²) >= 11 is 0. The highest BCUT2D eigenvalue weighted by molar-refractivity contribution is 4.75. The Balaban J connectivity index is 3.29. The van der Waals surface area contributed by atoms with Crippen molar-refractivity contribution >= 4 is 0 Å². The lowest BCUT2D eigenvalue weighted by Crippen LogP contribution is -2.08. The lowest BCUT2D eigenvalue weighted by Gasteiger charge is -2.07. The molecule has 1 N–H and O–H groups in total. The van der Waals surface area contributed by atoms with E-state index in [1.807, 2.05) is 19.9 Å². The van der Waals surface area contributed by atoms with E-state index < -0.39 is 6.10 Å². The van der Waals surface area contributed by atoms with Crippen molar-refractivity contribution in [2.24, 2.45) is 5.92 Å². The van der Waals surface area contributed by atoms with Gasteiger partial charge < -0.3 is 5.11 Å². The zero-order chi connectivity index (χ0) is 7.28. The molecule has 0 saturated heterocycles. The summed E-state index contributed by atoms with van der Waals surface area (Å²) < 4.78 is 0. The highest BCUT2D eigenvalue weighted by Gasteiger charge is 2.04. The maximum absolute atomic E-state index is 9.00. The molecule has 1 atom stereocenters. The zero-order valence-electron chi connectivity index (χ0n) is 5.96. The van der Waals surface area contributed by atoms with Gasteiger partial charge in [0.2, 0.25) is 0 Å². The summed E-state index contributed by atoms with van der Waals surface area (Å²) in [5.41, 5.74) is 0. The van der Waals surface area contributed by atoms with Crippen LogP contribution in [0, 0.1) is 17.2 Å². The highest BCUT2D eigenvalue weighted by atomic mass is 16.3. The number of hydrogen-bond acceptors (Lipinski definition) is 2. The zero-order valence-corrected chi connectivity index (χ0v) is 5.96. The molecule has 2 heteroatoms. The molecular weight excluding hydrogens is 114 g/mol. The quantitative estimate of drug-likeness (QED) is 0.621. The van der Waals surface area contributed by atoms with E-state index in [9.17, 15) is 0 Å². The molecule has 0 aliphatic rings. The SMILES string of the molecule is CC(C)C[C@@H](O)CC#N. The van der Waals surface area contributed by atoms with Crippen LogP contribution in [-0.4, -0.2) is 11.2 Å². The highest BCUT2D eigenvalue weighted by Crippen LogP contribution is 2.05. The Morgan fingerprint density at radius 2 is 2.11 bits per heavy atom. The van der Waals surface area contributed by atoms with Gasteiger partial charge in [0.05, 0.1) is 18.6 Å². The molecule has 0 aromatic heterocycles. The first kappa shape index (κ1) is 8.45. The van der Waals surface area contributed by atoms with Gasteiger partial charge in [-0.2, -0.15) is 5.26 Å². The normalized spacial score (nSPS) is 13.2. The maximum atomic E-state index is 9.00. The van der Waals surface area contributed by atoms with Crippen LogP contribution < -0.4 is 0 Å². The first-order valence-corrected chi connectivity index (χ1v) is 3.21. The molecule has 0 bridgehead atoms. The fraction of sp³-hybridized carbons (Fsp3) is 0.857. The third-order valence-electron chi connectivity index (χ3n) is 1.07. The Hall–Kier alpha value is -0.550. The second-order valence-corrected chi connectivity index (χ2v) is 2.65. The molecule has 2 nitrogen and oxygen atoms in total. The minimum absolute atomic E-state index is 0.262. The minimum atomic E-state index is -0.421. The molecular formula is C7H13NO. The third kappa shape index (κ3) is 5.32. The van der Waals surface area contributed by atoms with Gasteiger partial charge in [0.1, 0.15) is 0 Å². The fourth-order valence-corrected chi connectivity index (χ4v) is 0.733. The predicted octanol–water partition coefficient (Wildman–Crippen LogP) is 1.31. The summed E-state index contributed by atoms with van der Waals surface area (Å²) in [5.74, 6) is 0.480.